The molecule has 0 saturated carbocycles. The molecule has 0 aliphatic rings. The minimum Gasteiger partial charge on any atom is -0.480 e. The number of carbonyl (C=O) groups is 1. The van der Waals surface area contributed by atoms with E-state index >= 15 is 0 Å². The molecule has 6 heteroatoms. The quantitative estimate of drug-likeness (QED) is 0.310. The minimum absolute atomic E-state index is 0.0706. The molecule has 78 valence electrons. The molecule has 6 nitrogen and oxygen atoms in total. The number of aliphatic hydroxyl groups is 1. The number of hydrogen-bond acceptors (Lipinski definition) is 5. The zero-order valence-electron chi connectivity index (χ0n) is 7.36. The van der Waals surface area contributed by atoms with Crippen LogP contribution in [0.2, 0.25) is 0 Å². The molecule has 0 rings (SSSR count). The van der Waals surface area contributed by atoms with Crippen LogP contribution in [0.3, 0.4) is 0 Å². The van der Waals surface area contributed by atoms with Crippen LogP contribution in [-0.2, 0) is 14.3 Å². The van der Waals surface area contributed by atoms with Crippen molar-refractivity contribution in [3.05, 3.63) is 0 Å². The smallest absolute Gasteiger partial charge is 0.329 e. The summed E-state index contributed by atoms with van der Waals surface area (Å²) in [4.78, 5) is 9.97. The highest BCUT2D eigenvalue weighted by atomic mass is 16.5. The number of hydrogen-bond donors (Lipinski definition) is 3. The predicted molar refractivity (Wildman–Crippen MR) is 44.4 cm³/mol. The van der Waals surface area contributed by atoms with Gasteiger partial charge in [-0.25, -0.2) is 4.79 Å². The van der Waals surface area contributed by atoms with Crippen LogP contribution in [0, 0.1) is 0 Å². The molecule has 0 aromatic heterocycles. The van der Waals surface area contributed by atoms with Gasteiger partial charge < -0.3 is 19.7 Å². The van der Waals surface area contributed by atoms with Crippen LogP contribution >= 0.6 is 0 Å². The Balaban J connectivity index is 2.87. The molecule has 0 unspecified atom stereocenters. The van der Waals surface area contributed by atoms with E-state index in [4.69, 9.17) is 19.7 Å². The zero-order valence-corrected chi connectivity index (χ0v) is 7.36. The van der Waals surface area contributed by atoms with Gasteiger partial charge in [-0.05, 0) is 0 Å². The van der Waals surface area contributed by atoms with Crippen LogP contribution in [-0.4, -0.2) is 55.9 Å². The fourth-order valence-electron chi connectivity index (χ4n) is 0.603. The summed E-state index contributed by atoms with van der Waals surface area (Å²) in [5.41, 5.74) is 0. The number of carboxylic acids is 1. The van der Waals surface area contributed by atoms with Crippen molar-refractivity contribution in [2.24, 2.45) is 0 Å². The van der Waals surface area contributed by atoms with E-state index in [-0.39, 0.29) is 19.9 Å². The summed E-state index contributed by atoms with van der Waals surface area (Å²) < 4.78 is 9.73. The molecular weight excluding hydrogens is 178 g/mol. The molecule has 0 amide bonds. The fourth-order valence-corrected chi connectivity index (χ4v) is 0.603. The van der Waals surface area contributed by atoms with E-state index in [0.717, 1.165) is 0 Å². The first kappa shape index (κ1) is 12.3. The van der Waals surface area contributed by atoms with Gasteiger partial charge in [-0.15, -0.1) is 0 Å². The van der Waals surface area contributed by atoms with Crippen molar-refractivity contribution in [2.45, 2.75) is 0 Å². The Morgan fingerprint density at radius 2 is 1.92 bits per heavy atom. The SMILES string of the molecule is O=C(O)COCCOCCNCO. The molecule has 13 heavy (non-hydrogen) atoms. The summed E-state index contributed by atoms with van der Waals surface area (Å²) in [5, 5.41) is 19.1. The second kappa shape index (κ2) is 9.40. The van der Waals surface area contributed by atoms with Crippen LogP contribution in [0.15, 0.2) is 0 Å². The molecule has 0 bridgehead atoms. The van der Waals surface area contributed by atoms with E-state index in [1.54, 1.807) is 0 Å². The van der Waals surface area contributed by atoms with Gasteiger partial charge in [0.25, 0.3) is 0 Å². The molecular formula is C7H15NO5. The summed E-state index contributed by atoms with van der Waals surface area (Å²) in [6.45, 7) is 1.30. The van der Waals surface area contributed by atoms with Crippen molar-refractivity contribution in [3.63, 3.8) is 0 Å². The monoisotopic (exact) mass is 193 g/mol. The van der Waals surface area contributed by atoms with Crippen LogP contribution < -0.4 is 5.32 Å². The number of nitrogens with one attached hydrogen (secondary N) is 1. The lowest BCUT2D eigenvalue weighted by Crippen LogP contribution is -2.21. The zero-order chi connectivity index (χ0) is 9.94. The van der Waals surface area contributed by atoms with Gasteiger partial charge in [-0.3, -0.25) is 5.32 Å². The minimum atomic E-state index is -0.984. The average molecular weight is 193 g/mol. The highest BCUT2D eigenvalue weighted by molar-refractivity contribution is 5.67. The maximum Gasteiger partial charge on any atom is 0.329 e. The third kappa shape index (κ3) is 11.3. The van der Waals surface area contributed by atoms with Crippen molar-refractivity contribution in [1.82, 2.24) is 5.32 Å². The Bertz CT molecular complexity index is 130. The van der Waals surface area contributed by atoms with Gasteiger partial charge in [0.05, 0.1) is 26.6 Å². The van der Waals surface area contributed by atoms with E-state index in [9.17, 15) is 4.79 Å². The highest BCUT2D eigenvalue weighted by Crippen LogP contribution is 1.78. The van der Waals surface area contributed by atoms with Gasteiger partial charge in [0.15, 0.2) is 0 Å². The van der Waals surface area contributed by atoms with Gasteiger partial charge in [-0.2, -0.15) is 0 Å². The highest BCUT2D eigenvalue weighted by Gasteiger charge is 1.95. The first-order valence-corrected chi connectivity index (χ1v) is 3.96. The Labute approximate surface area is 76.5 Å². The number of aliphatic hydroxyl groups excluding tert-OH is 1. The Hall–Kier alpha value is -0.690. The lowest BCUT2D eigenvalue weighted by atomic mass is 10.6. The Morgan fingerprint density at radius 3 is 2.54 bits per heavy atom. The molecule has 0 saturated heterocycles. The predicted octanol–water partition coefficient (Wildman–Crippen LogP) is -1.36. The van der Waals surface area contributed by atoms with Gasteiger partial charge in [0.1, 0.15) is 6.61 Å². The normalized spacial score (nSPS) is 10.2. The lowest BCUT2D eigenvalue weighted by Gasteiger charge is -2.03. The standard InChI is InChI=1S/C7H15NO5/c9-6-8-1-2-12-3-4-13-5-7(10)11/h8-9H,1-6H2,(H,10,11). The number of aliphatic carboxylic acids is 1. The fraction of sp³-hybridized carbons (Fsp3) is 0.857. The average Bonchev–Trinajstić information content (AvgIpc) is 2.09. The van der Waals surface area contributed by atoms with E-state index in [0.29, 0.717) is 19.8 Å². The van der Waals surface area contributed by atoms with Crippen molar-refractivity contribution < 1.29 is 24.5 Å². The van der Waals surface area contributed by atoms with Gasteiger partial charge in [-0.1, -0.05) is 0 Å². The first-order valence-electron chi connectivity index (χ1n) is 3.96. The maximum absolute atomic E-state index is 9.97. The summed E-state index contributed by atoms with van der Waals surface area (Å²) in [6.07, 6.45) is 0. The topological polar surface area (TPSA) is 88.0 Å². The van der Waals surface area contributed by atoms with E-state index < -0.39 is 5.97 Å². The summed E-state index contributed by atoms with van der Waals surface area (Å²) >= 11 is 0. The molecule has 0 aromatic carbocycles. The second-order valence-corrected chi connectivity index (χ2v) is 2.22. The maximum atomic E-state index is 9.97. The van der Waals surface area contributed by atoms with Crippen LogP contribution in [0.4, 0.5) is 0 Å². The Kier molecular flexibility index (Phi) is 8.90. The van der Waals surface area contributed by atoms with Gasteiger partial charge in [0, 0.05) is 6.54 Å². The molecule has 0 aliphatic heterocycles. The van der Waals surface area contributed by atoms with Gasteiger partial charge >= 0.3 is 5.97 Å². The van der Waals surface area contributed by atoms with E-state index in [2.05, 4.69) is 5.32 Å². The molecule has 0 radical (unpaired) electrons. The first-order chi connectivity index (χ1) is 6.27. The van der Waals surface area contributed by atoms with Crippen LogP contribution in [0.1, 0.15) is 0 Å². The third-order valence-electron chi connectivity index (χ3n) is 1.13. The van der Waals surface area contributed by atoms with Crippen LogP contribution in [0.25, 0.3) is 0 Å². The number of rotatable bonds is 9. The third-order valence-corrected chi connectivity index (χ3v) is 1.13. The number of carboxylic acid groups (broad SMARTS) is 1. The molecule has 0 fully saturated rings. The number of ether oxygens (including phenoxy) is 2. The molecule has 0 aliphatic carbocycles. The largest absolute Gasteiger partial charge is 0.480 e. The van der Waals surface area contributed by atoms with Crippen molar-refractivity contribution in [1.29, 1.82) is 0 Å². The second-order valence-electron chi connectivity index (χ2n) is 2.22. The van der Waals surface area contributed by atoms with Gasteiger partial charge in [0.2, 0.25) is 0 Å². The molecule has 0 spiro atoms. The molecule has 0 aromatic rings. The summed E-state index contributed by atoms with van der Waals surface area (Å²) in [6, 6.07) is 0. The molecule has 0 atom stereocenters. The molecule has 0 heterocycles. The van der Waals surface area contributed by atoms with Crippen molar-refractivity contribution in [3.8, 4) is 0 Å². The summed E-state index contributed by atoms with van der Waals surface area (Å²) in [7, 11) is 0. The van der Waals surface area contributed by atoms with Crippen molar-refractivity contribution >= 4 is 5.97 Å². The van der Waals surface area contributed by atoms with E-state index in [1.807, 2.05) is 0 Å². The Morgan fingerprint density at radius 1 is 1.23 bits per heavy atom. The summed E-state index contributed by atoms with van der Waals surface area (Å²) in [5.74, 6) is -0.984. The van der Waals surface area contributed by atoms with E-state index in [1.165, 1.54) is 0 Å². The van der Waals surface area contributed by atoms with Crippen LogP contribution in [0.5, 0.6) is 0 Å². The lowest BCUT2D eigenvalue weighted by molar-refractivity contribution is -0.142. The molecule has 3 N–H and O–H groups in total. The van der Waals surface area contributed by atoms with Crippen molar-refractivity contribution in [2.75, 3.05) is 39.7 Å².